The van der Waals surface area contributed by atoms with Gasteiger partial charge in [0.05, 0.1) is 0 Å². The first-order valence-electron chi connectivity index (χ1n) is 1.14. The summed E-state index contributed by atoms with van der Waals surface area (Å²) in [5, 5.41) is 0. The van der Waals surface area contributed by atoms with Gasteiger partial charge in [0.2, 0.25) is 0 Å². The van der Waals surface area contributed by atoms with Crippen molar-refractivity contribution in [2.75, 3.05) is 0 Å². The molecular formula is C2H6AlLiO2. The Kier molecular flexibility index (Phi) is 9.13. The van der Waals surface area contributed by atoms with Gasteiger partial charge in [-0.05, 0) is 0 Å². The molecule has 0 atom stereocenters. The summed E-state index contributed by atoms with van der Waals surface area (Å²) in [6.07, 6.45) is 0. The van der Waals surface area contributed by atoms with E-state index >= 15 is 0 Å². The number of carbonyl (C=O) groups excluding carboxylic acids is 1. The van der Waals surface area contributed by atoms with Gasteiger partial charge >= 0.3 is 57.0 Å². The Morgan fingerprint density at radius 2 is 2.17 bits per heavy atom. The van der Waals surface area contributed by atoms with Crippen LogP contribution in [0.15, 0.2) is 0 Å². The van der Waals surface area contributed by atoms with Crippen molar-refractivity contribution in [3.8, 4) is 0 Å². The number of carbonyl (C=O) groups is 1. The van der Waals surface area contributed by atoms with Crippen LogP contribution < -0.4 is 18.9 Å². The Morgan fingerprint density at radius 1 is 2.00 bits per heavy atom. The van der Waals surface area contributed by atoms with Gasteiger partial charge in [-0.1, -0.05) is 0 Å². The maximum atomic E-state index is 9.57. The van der Waals surface area contributed by atoms with Crippen LogP contribution in [-0.4, -0.2) is 22.6 Å². The Bertz CT molecular complexity index is 55.1. The molecule has 0 fully saturated rings. The minimum absolute atomic E-state index is 0. The molecule has 0 rings (SSSR count). The first kappa shape index (κ1) is 9.78. The van der Waals surface area contributed by atoms with Crippen molar-refractivity contribution < 1.29 is 31.7 Å². The molecule has 0 saturated heterocycles. The minimum Gasteiger partial charge on any atom is -1.00 e. The summed E-state index contributed by atoms with van der Waals surface area (Å²) in [4.78, 5) is 9.57. The molecule has 0 amide bonds. The van der Waals surface area contributed by atoms with Crippen LogP contribution in [0.2, 0.25) is 0 Å². The van der Waals surface area contributed by atoms with E-state index in [2.05, 4.69) is 3.79 Å². The van der Waals surface area contributed by atoms with Gasteiger partial charge in [0, 0.05) is 0 Å². The quantitative estimate of drug-likeness (QED) is 0.300. The molecule has 0 saturated carbocycles. The summed E-state index contributed by atoms with van der Waals surface area (Å²) >= 11 is 1.84. The topological polar surface area (TPSA) is 26.3 Å². The molecule has 30 valence electrons. The summed E-state index contributed by atoms with van der Waals surface area (Å²) in [5.41, 5.74) is 0. The maximum absolute atomic E-state index is 9.57. The SMILES string of the molecule is CC(=O)[O][Al+2].[H-].[H-].[H-].[Li+]. The van der Waals surface area contributed by atoms with E-state index in [1.165, 1.54) is 6.92 Å². The third kappa shape index (κ3) is 8.82. The molecule has 0 aromatic rings. The van der Waals surface area contributed by atoms with Gasteiger partial charge in [0.25, 0.3) is 0 Å². The standard InChI is InChI=1S/C2H4O2.Al.Li.3H/c1-2(3)4;;;;;/h1H3,(H,3,4);;;;;/q;+3;+1;3*-1/p-1. The first-order valence-corrected chi connectivity index (χ1v) is 1.62. The van der Waals surface area contributed by atoms with Gasteiger partial charge in [0.1, 0.15) is 0 Å². The summed E-state index contributed by atoms with van der Waals surface area (Å²) < 4.78 is 4.03. The molecule has 0 heterocycles. The Morgan fingerprint density at radius 3 is 2.17 bits per heavy atom. The van der Waals surface area contributed by atoms with E-state index in [1.807, 2.05) is 16.6 Å². The number of hydrogen-bond donors (Lipinski definition) is 0. The third-order valence-corrected chi connectivity index (χ3v) is 0.498. The molecule has 0 bridgehead atoms. The second kappa shape index (κ2) is 5.60. The fourth-order valence-corrected chi connectivity index (χ4v) is 0. The molecular weight excluding hydrogens is 89.9 g/mol. The maximum Gasteiger partial charge on any atom is 1.00 e. The summed E-state index contributed by atoms with van der Waals surface area (Å²) in [5.74, 6) is -0.282. The van der Waals surface area contributed by atoms with E-state index in [9.17, 15) is 4.79 Å². The normalized spacial score (nSPS) is 5.83. The molecule has 0 N–H and O–H groups in total. The van der Waals surface area contributed by atoms with Crippen LogP contribution in [0.25, 0.3) is 0 Å². The second-order valence-electron chi connectivity index (χ2n) is 0.609. The zero-order valence-electron chi connectivity index (χ0n) is 6.89. The van der Waals surface area contributed by atoms with Crippen molar-refractivity contribution in [3.05, 3.63) is 0 Å². The summed E-state index contributed by atoms with van der Waals surface area (Å²) in [6, 6.07) is 0. The third-order valence-electron chi connectivity index (χ3n) is 0.166. The van der Waals surface area contributed by atoms with Crippen LogP contribution in [0.4, 0.5) is 0 Å². The van der Waals surface area contributed by atoms with Gasteiger partial charge in [-0.2, -0.15) is 0 Å². The van der Waals surface area contributed by atoms with Crippen molar-refractivity contribution in [2.45, 2.75) is 6.92 Å². The molecule has 0 aliphatic rings. The number of rotatable bonds is 0. The molecule has 2 nitrogen and oxygen atoms in total. The molecule has 0 spiro atoms. The zero-order chi connectivity index (χ0) is 4.28. The average molecular weight is 96.0 g/mol. The van der Waals surface area contributed by atoms with Gasteiger partial charge in [-0.3, -0.25) is 0 Å². The monoisotopic (exact) mass is 96.0 g/mol. The van der Waals surface area contributed by atoms with Crippen molar-refractivity contribution >= 4 is 22.6 Å². The fourth-order valence-electron chi connectivity index (χ4n) is 0. The van der Waals surface area contributed by atoms with Crippen LogP contribution in [0, 0.1) is 0 Å². The van der Waals surface area contributed by atoms with E-state index in [1.54, 1.807) is 0 Å². The molecule has 0 aliphatic carbocycles. The smallest absolute Gasteiger partial charge is 1.00 e. The predicted molar refractivity (Wildman–Crippen MR) is 20.9 cm³/mol. The first-order chi connectivity index (χ1) is 2.27. The van der Waals surface area contributed by atoms with Crippen LogP contribution >= 0.6 is 0 Å². The van der Waals surface area contributed by atoms with Crippen molar-refractivity contribution in [1.29, 1.82) is 0 Å². The van der Waals surface area contributed by atoms with E-state index in [0.29, 0.717) is 0 Å². The molecule has 4 heteroatoms. The van der Waals surface area contributed by atoms with Gasteiger partial charge in [-0.25, -0.2) is 0 Å². The second-order valence-corrected chi connectivity index (χ2v) is 0.845. The van der Waals surface area contributed by atoms with E-state index in [4.69, 9.17) is 0 Å². The van der Waals surface area contributed by atoms with Crippen molar-refractivity contribution in [2.24, 2.45) is 0 Å². The summed E-state index contributed by atoms with van der Waals surface area (Å²) in [6.45, 7) is 1.34. The van der Waals surface area contributed by atoms with E-state index in [0.717, 1.165) is 0 Å². The van der Waals surface area contributed by atoms with Crippen LogP contribution in [0.1, 0.15) is 11.2 Å². The van der Waals surface area contributed by atoms with Crippen LogP contribution in [0.5, 0.6) is 0 Å². The van der Waals surface area contributed by atoms with Crippen molar-refractivity contribution in [1.82, 2.24) is 0 Å². The van der Waals surface area contributed by atoms with Gasteiger partial charge < -0.3 is 4.28 Å². The molecule has 0 aliphatic heterocycles. The molecule has 0 unspecified atom stereocenters. The van der Waals surface area contributed by atoms with Crippen LogP contribution in [0.3, 0.4) is 0 Å². The Hall–Kier alpha value is 0.600. The zero-order valence-corrected chi connectivity index (χ0v) is 5.05. The predicted octanol–water partition coefficient (Wildman–Crippen LogP) is -3.03. The molecule has 0 aromatic heterocycles. The summed E-state index contributed by atoms with van der Waals surface area (Å²) in [7, 11) is 0. The Balaban J connectivity index is -0.0000000133. The minimum atomic E-state index is -0.282. The molecule has 6 heavy (non-hydrogen) atoms. The average Bonchev–Trinajstić information content (AvgIpc) is 1.38. The van der Waals surface area contributed by atoms with E-state index in [-0.39, 0.29) is 29.1 Å². The van der Waals surface area contributed by atoms with Gasteiger partial charge in [0.15, 0.2) is 0 Å². The van der Waals surface area contributed by atoms with E-state index < -0.39 is 0 Å². The van der Waals surface area contributed by atoms with Gasteiger partial charge in [-0.15, -0.1) is 0 Å². The Labute approximate surface area is 61.6 Å². The van der Waals surface area contributed by atoms with Crippen molar-refractivity contribution in [3.63, 3.8) is 0 Å². The molecule has 0 radical (unpaired) electrons. The van der Waals surface area contributed by atoms with Crippen LogP contribution in [-0.2, 0) is 8.58 Å². The largest absolute Gasteiger partial charge is 1.00 e. The fraction of sp³-hybridized carbons (Fsp3) is 0.500. The molecule has 0 aromatic carbocycles. The number of hydrogen-bond acceptors (Lipinski definition) is 2.